The van der Waals surface area contributed by atoms with Gasteiger partial charge in [-0.2, -0.15) is 0 Å². The molecule has 0 spiro atoms. The van der Waals surface area contributed by atoms with E-state index >= 15 is 0 Å². The molecule has 2 unspecified atom stereocenters. The molecule has 0 bridgehead atoms. The average molecular weight is 539 g/mol. The number of thioether (sulfide) groups is 1. The van der Waals surface area contributed by atoms with E-state index in [9.17, 15) is 40.0 Å². The van der Waals surface area contributed by atoms with Crippen LogP contribution in [0, 0.1) is 20.2 Å². The number of aliphatic carboxylic acids is 2. The maximum Gasteiger partial charge on any atom is 0.335 e. The van der Waals surface area contributed by atoms with Gasteiger partial charge in [0.15, 0.2) is 0 Å². The molecule has 1 aliphatic heterocycles. The first-order chi connectivity index (χ1) is 16.5. The lowest BCUT2D eigenvalue weighted by atomic mass is 9.93. The summed E-state index contributed by atoms with van der Waals surface area (Å²) in [5.74, 6) is -2.94. The molecule has 15 heteroatoms. The zero-order valence-corrected chi connectivity index (χ0v) is 20.7. The van der Waals surface area contributed by atoms with Gasteiger partial charge in [0.05, 0.1) is 30.7 Å². The van der Waals surface area contributed by atoms with Gasteiger partial charge in [-0.15, -0.1) is 0 Å². The summed E-state index contributed by atoms with van der Waals surface area (Å²) in [5.41, 5.74) is -0.869. The minimum absolute atomic E-state index is 0.0990. The standard InChI is InChI=1S/C20H18N4O8S3/c1-3-19(21-9-11-5-7-13(33-11)23(29)30)15(17(25)26)16(18(27)28)20(4-2,35-19)22-10-12-6-8-14(34-12)24(31)32/h5-10H,3-4H2,1-2H3,(H,25,26)(H,27,28). The number of nitrogens with zero attached hydrogens (tertiary/aromatic N) is 4. The van der Waals surface area contributed by atoms with Crippen molar-refractivity contribution in [3.63, 3.8) is 0 Å². The fraction of sp³-hybridized carbons (Fsp3) is 0.300. The van der Waals surface area contributed by atoms with Crippen molar-refractivity contribution in [2.45, 2.75) is 36.4 Å². The molecule has 2 aromatic rings. The van der Waals surface area contributed by atoms with Crippen LogP contribution < -0.4 is 0 Å². The van der Waals surface area contributed by atoms with E-state index in [1.165, 1.54) is 36.7 Å². The number of nitro groups is 2. The molecule has 2 aromatic heterocycles. The number of carboxylic acid groups (broad SMARTS) is 2. The Hall–Kier alpha value is -3.43. The SMILES string of the molecule is CCC1(N=Cc2ccc([N+](=O)[O-])s2)SC(CC)(N=Cc2ccc([N+](=O)[O-])s2)C(C(=O)O)=C1C(=O)O. The first kappa shape index (κ1) is 26.2. The zero-order chi connectivity index (χ0) is 26.0. The van der Waals surface area contributed by atoms with Gasteiger partial charge in [0, 0.05) is 24.6 Å². The number of carbonyl (C=O) groups is 2. The van der Waals surface area contributed by atoms with Crippen LogP contribution in [-0.2, 0) is 9.59 Å². The van der Waals surface area contributed by atoms with Crippen molar-refractivity contribution < 1.29 is 29.6 Å². The Morgan fingerprint density at radius 2 is 1.23 bits per heavy atom. The molecular weight excluding hydrogens is 520 g/mol. The zero-order valence-electron chi connectivity index (χ0n) is 18.2. The Morgan fingerprint density at radius 1 is 0.857 bits per heavy atom. The number of hydrogen-bond acceptors (Lipinski definition) is 11. The van der Waals surface area contributed by atoms with Gasteiger partial charge in [0.25, 0.3) is 0 Å². The third-order valence-electron chi connectivity index (χ3n) is 5.14. The average Bonchev–Trinajstić information content (AvgIpc) is 3.53. The van der Waals surface area contributed by atoms with E-state index < -0.39 is 42.7 Å². The minimum atomic E-state index is -1.53. The van der Waals surface area contributed by atoms with Gasteiger partial charge in [-0.3, -0.25) is 30.2 Å². The monoisotopic (exact) mass is 538 g/mol. The fourth-order valence-electron chi connectivity index (χ4n) is 3.54. The number of rotatable bonds is 10. The highest BCUT2D eigenvalue weighted by molar-refractivity contribution is 8.02. The fourth-order valence-corrected chi connectivity index (χ4v) is 6.57. The van der Waals surface area contributed by atoms with Gasteiger partial charge < -0.3 is 10.2 Å². The summed E-state index contributed by atoms with van der Waals surface area (Å²) in [5, 5.41) is 41.8. The van der Waals surface area contributed by atoms with Crippen molar-refractivity contribution >= 4 is 68.8 Å². The maximum atomic E-state index is 12.3. The Bertz CT molecular complexity index is 1200. The van der Waals surface area contributed by atoms with E-state index in [-0.39, 0.29) is 22.8 Å². The summed E-state index contributed by atoms with van der Waals surface area (Å²) in [4.78, 5) is 52.1. The first-order valence-corrected chi connectivity index (χ1v) is 12.4. The second-order valence-corrected chi connectivity index (χ2v) is 10.9. The molecule has 3 rings (SSSR count). The highest BCUT2D eigenvalue weighted by Crippen LogP contribution is 2.58. The molecule has 2 atom stereocenters. The molecule has 0 aliphatic carbocycles. The molecule has 0 saturated carbocycles. The van der Waals surface area contributed by atoms with E-state index in [1.54, 1.807) is 13.8 Å². The summed E-state index contributed by atoms with van der Waals surface area (Å²) in [6.45, 7) is 3.31. The van der Waals surface area contributed by atoms with Crippen LogP contribution in [0.3, 0.4) is 0 Å². The molecule has 0 fully saturated rings. The Kier molecular flexibility index (Phi) is 7.52. The molecule has 0 radical (unpaired) electrons. The molecule has 184 valence electrons. The van der Waals surface area contributed by atoms with Gasteiger partial charge in [-0.05, 0) is 25.0 Å². The topological polar surface area (TPSA) is 186 Å². The molecule has 0 aromatic carbocycles. The van der Waals surface area contributed by atoms with Gasteiger partial charge in [-0.1, -0.05) is 48.3 Å². The highest BCUT2D eigenvalue weighted by Gasteiger charge is 2.58. The third-order valence-corrected chi connectivity index (χ3v) is 8.96. The normalized spacial score (nSPS) is 22.3. The van der Waals surface area contributed by atoms with Crippen molar-refractivity contribution in [3.05, 3.63) is 65.4 Å². The van der Waals surface area contributed by atoms with Crippen LogP contribution in [0.2, 0.25) is 0 Å². The van der Waals surface area contributed by atoms with Crippen LogP contribution in [0.4, 0.5) is 10.0 Å². The lowest BCUT2D eigenvalue weighted by Gasteiger charge is -2.29. The van der Waals surface area contributed by atoms with Crippen LogP contribution in [0.25, 0.3) is 0 Å². The number of hydrogen-bond donors (Lipinski definition) is 2. The molecule has 0 amide bonds. The van der Waals surface area contributed by atoms with E-state index in [2.05, 4.69) is 9.98 Å². The van der Waals surface area contributed by atoms with Crippen LogP contribution in [0.1, 0.15) is 36.4 Å². The van der Waals surface area contributed by atoms with E-state index in [1.807, 2.05) is 0 Å². The van der Waals surface area contributed by atoms with Gasteiger partial charge in [0.1, 0.15) is 9.74 Å². The van der Waals surface area contributed by atoms with Crippen molar-refractivity contribution in [2.75, 3.05) is 0 Å². The smallest absolute Gasteiger partial charge is 0.335 e. The van der Waals surface area contributed by atoms with Crippen LogP contribution in [0.15, 0.2) is 45.4 Å². The number of thiophene rings is 2. The lowest BCUT2D eigenvalue weighted by molar-refractivity contribution is -0.380. The predicted octanol–water partition coefficient (Wildman–Crippen LogP) is 4.59. The minimum Gasteiger partial charge on any atom is -0.478 e. The molecule has 1 aliphatic rings. The Balaban J connectivity index is 2.13. The molecule has 0 saturated heterocycles. The summed E-state index contributed by atoms with van der Waals surface area (Å²) in [6.07, 6.45) is 2.80. The van der Waals surface area contributed by atoms with Crippen molar-refractivity contribution in [1.29, 1.82) is 0 Å². The summed E-state index contributed by atoms with van der Waals surface area (Å²) in [6, 6.07) is 5.52. The number of carboxylic acids is 2. The number of aliphatic imine (C=N–C) groups is 2. The predicted molar refractivity (Wildman–Crippen MR) is 133 cm³/mol. The molecule has 12 nitrogen and oxygen atoms in total. The molecule has 35 heavy (non-hydrogen) atoms. The van der Waals surface area contributed by atoms with Gasteiger partial charge in [-0.25, -0.2) is 9.59 Å². The highest BCUT2D eigenvalue weighted by atomic mass is 32.2. The second kappa shape index (κ2) is 10.1. The van der Waals surface area contributed by atoms with Crippen LogP contribution in [-0.4, -0.2) is 54.2 Å². The maximum absolute atomic E-state index is 12.3. The summed E-state index contributed by atoms with van der Waals surface area (Å²) in [7, 11) is 0. The van der Waals surface area contributed by atoms with Crippen LogP contribution >= 0.6 is 34.4 Å². The Morgan fingerprint density at radius 3 is 1.49 bits per heavy atom. The lowest BCUT2D eigenvalue weighted by Crippen LogP contribution is -2.28. The van der Waals surface area contributed by atoms with E-state index in [0.717, 1.165) is 34.4 Å². The van der Waals surface area contributed by atoms with E-state index in [4.69, 9.17) is 0 Å². The molecular formula is C20H18N4O8S3. The van der Waals surface area contributed by atoms with Gasteiger partial charge in [0.2, 0.25) is 0 Å². The van der Waals surface area contributed by atoms with Crippen molar-refractivity contribution in [2.24, 2.45) is 9.98 Å². The summed E-state index contributed by atoms with van der Waals surface area (Å²) >= 11 is 2.65. The quantitative estimate of drug-likeness (QED) is 0.248. The van der Waals surface area contributed by atoms with Crippen molar-refractivity contribution in [3.8, 4) is 0 Å². The molecule has 2 N–H and O–H groups in total. The third kappa shape index (κ3) is 5.01. The first-order valence-electron chi connectivity index (χ1n) is 9.99. The van der Waals surface area contributed by atoms with Gasteiger partial charge >= 0.3 is 21.9 Å². The largest absolute Gasteiger partial charge is 0.478 e. The molecule has 3 heterocycles. The summed E-state index contributed by atoms with van der Waals surface area (Å²) < 4.78 is 0. The van der Waals surface area contributed by atoms with Crippen molar-refractivity contribution in [1.82, 2.24) is 0 Å². The van der Waals surface area contributed by atoms with Crippen LogP contribution in [0.5, 0.6) is 0 Å². The van der Waals surface area contributed by atoms with E-state index in [0.29, 0.717) is 9.75 Å². The Labute approximate surface area is 210 Å². The second-order valence-electron chi connectivity index (χ2n) is 7.12.